The molecule has 0 saturated carbocycles. The molecule has 0 radical (unpaired) electrons. The Bertz CT molecular complexity index is 454. The van der Waals surface area contributed by atoms with E-state index >= 15 is 0 Å². The van der Waals surface area contributed by atoms with E-state index in [0.717, 1.165) is 18.2 Å². The third-order valence-electron chi connectivity index (χ3n) is 3.65. The number of nitrogens with zero attached hydrogens (tertiary/aromatic N) is 3. The Balaban J connectivity index is 1.77. The van der Waals surface area contributed by atoms with Gasteiger partial charge in [0.1, 0.15) is 0 Å². The van der Waals surface area contributed by atoms with Gasteiger partial charge in [0.2, 0.25) is 5.88 Å². The van der Waals surface area contributed by atoms with Crippen LogP contribution in [-0.2, 0) is 0 Å². The van der Waals surface area contributed by atoms with E-state index in [1.54, 1.807) is 6.20 Å². The first-order valence-corrected chi connectivity index (χ1v) is 5.97. The molecule has 2 aliphatic rings. The van der Waals surface area contributed by atoms with E-state index in [9.17, 15) is 0 Å². The van der Waals surface area contributed by atoms with Crippen LogP contribution in [0, 0.1) is 18.3 Å². The average molecular weight is 229 g/mol. The van der Waals surface area contributed by atoms with Crippen molar-refractivity contribution in [2.24, 2.45) is 5.92 Å². The van der Waals surface area contributed by atoms with Gasteiger partial charge in [-0.3, -0.25) is 4.98 Å². The minimum Gasteiger partial charge on any atom is -0.463 e. The van der Waals surface area contributed by atoms with E-state index < -0.39 is 0 Å². The molecule has 0 spiro atoms. The zero-order chi connectivity index (χ0) is 11.7. The van der Waals surface area contributed by atoms with Gasteiger partial charge in [-0.15, -0.1) is 6.42 Å². The Kier molecular flexibility index (Phi) is 2.69. The first-order valence-electron chi connectivity index (χ1n) is 5.97. The quantitative estimate of drug-likeness (QED) is 0.722. The molecule has 4 heteroatoms. The maximum absolute atomic E-state index is 5.31. The molecule has 0 N–H and O–H groups in total. The lowest BCUT2D eigenvalue weighted by atomic mass is 9.90. The fourth-order valence-corrected chi connectivity index (χ4v) is 2.85. The van der Waals surface area contributed by atoms with E-state index in [4.69, 9.17) is 11.2 Å². The van der Waals surface area contributed by atoms with E-state index in [1.807, 2.05) is 6.20 Å². The SMILES string of the molecule is C#CCOc1cncc([C@H]2CN3CC[C@@H]2C3)n1. The predicted molar refractivity (Wildman–Crippen MR) is 63.6 cm³/mol. The second-order valence-corrected chi connectivity index (χ2v) is 4.69. The van der Waals surface area contributed by atoms with Gasteiger partial charge in [0.15, 0.2) is 6.61 Å². The number of fused-ring (bicyclic) bond motifs is 2. The summed E-state index contributed by atoms with van der Waals surface area (Å²) in [5.74, 6) is 4.24. The van der Waals surface area contributed by atoms with E-state index in [-0.39, 0.29) is 6.61 Å². The number of ether oxygens (including phenoxy) is 1. The van der Waals surface area contributed by atoms with Crippen LogP contribution >= 0.6 is 0 Å². The van der Waals surface area contributed by atoms with Crippen molar-refractivity contribution < 1.29 is 4.74 Å². The molecule has 88 valence electrons. The maximum Gasteiger partial charge on any atom is 0.233 e. The second kappa shape index (κ2) is 4.34. The largest absolute Gasteiger partial charge is 0.463 e. The van der Waals surface area contributed by atoms with Gasteiger partial charge >= 0.3 is 0 Å². The number of hydrogen-bond donors (Lipinski definition) is 0. The fraction of sp³-hybridized carbons (Fsp3) is 0.538. The van der Waals surface area contributed by atoms with Crippen LogP contribution in [-0.4, -0.2) is 41.1 Å². The summed E-state index contributed by atoms with van der Waals surface area (Å²) in [7, 11) is 0. The zero-order valence-corrected chi connectivity index (χ0v) is 9.67. The summed E-state index contributed by atoms with van der Waals surface area (Å²) in [6, 6.07) is 0. The number of rotatable bonds is 3. The van der Waals surface area contributed by atoms with Gasteiger partial charge < -0.3 is 9.64 Å². The second-order valence-electron chi connectivity index (χ2n) is 4.69. The number of piperidine rings is 1. The smallest absolute Gasteiger partial charge is 0.233 e. The highest BCUT2D eigenvalue weighted by Gasteiger charge is 2.39. The summed E-state index contributed by atoms with van der Waals surface area (Å²) in [5, 5.41) is 0. The molecular formula is C13H15N3O. The average Bonchev–Trinajstić information content (AvgIpc) is 2.99. The molecule has 0 aliphatic carbocycles. The molecule has 0 amide bonds. The molecule has 1 unspecified atom stereocenters. The molecule has 3 rings (SSSR count). The molecule has 2 aliphatic heterocycles. The highest BCUT2D eigenvalue weighted by molar-refractivity contribution is 5.17. The molecule has 1 aromatic heterocycles. The minimum atomic E-state index is 0.248. The van der Waals surface area contributed by atoms with Crippen molar-refractivity contribution >= 4 is 0 Å². The van der Waals surface area contributed by atoms with Crippen LogP contribution in [0.25, 0.3) is 0 Å². The topological polar surface area (TPSA) is 38.2 Å². The highest BCUT2D eigenvalue weighted by atomic mass is 16.5. The van der Waals surface area contributed by atoms with Gasteiger partial charge in [0.25, 0.3) is 0 Å². The summed E-state index contributed by atoms with van der Waals surface area (Å²) >= 11 is 0. The molecule has 3 atom stereocenters. The van der Waals surface area contributed by atoms with Crippen LogP contribution in [0.4, 0.5) is 0 Å². The maximum atomic E-state index is 5.31. The molecular weight excluding hydrogens is 214 g/mol. The summed E-state index contributed by atoms with van der Waals surface area (Å²) in [6.07, 6.45) is 9.91. The van der Waals surface area contributed by atoms with Crippen LogP contribution in [0.3, 0.4) is 0 Å². The van der Waals surface area contributed by atoms with Gasteiger partial charge in [0, 0.05) is 25.2 Å². The first-order chi connectivity index (χ1) is 8.36. The van der Waals surface area contributed by atoms with Crippen molar-refractivity contribution in [2.75, 3.05) is 26.2 Å². The molecule has 0 aromatic carbocycles. The van der Waals surface area contributed by atoms with Crippen molar-refractivity contribution in [3.63, 3.8) is 0 Å². The van der Waals surface area contributed by atoms with Crippen LogP contribution in [0.2, 0.25) is 0 Å². The molecule has 2 saturated heterocycles. The molecule has 17 heavy (non-hydrogen) atoms. The third kappa shape index (κ3) is 1.98. The first kappa shape index (κ1) is 10.5. The van der Waals surface area contributed by atoms with Gasteiger partial charge in [-0.1, -0.05) is 5.92 Å². The summed E-state index contributed by atoms with van der Waals surface area (Å²) in [5.41, 5.74) is 1.05. The van der Waals surface area contributed by atoms with Crippen LogP contribution in [0.5, 0.6) is 5.88 Å². The summed E-state index contributed by atoms with van der Waals surface area (Å²) in [6.45, 7) is 3.81. The number of hydrogen-bond acceptors (Lipinski definition) is 4. The van der Waals surface area contributed by atoms with Gasteiger partial charge in [0.05, 0.1) is 11.9 Å². The monoisotopic (exact) mass is 229 g/mol. The van der Waals surface area contributed by atoms with Crippen molar-refractivity contribution in [3.05, 3.63) is 18.1 Å². The molecule has 3 heterocycles. The predicted octanol–water partition coefficient (Wildman–Crippen LogP) is 0.908. The Morgan fingerprint density at radius 3 is 3.12 bits per heavy atom. The summed E-state index contributed by atoms with van der Waals surface area (Å²) in [4.78, 5) is 11.2. The lowest BCUT2D eigenvalue weighted by molar-refractivity contribution is 0.333. The van der Waals surface area contributed by atoms with E-state index in [2.05, 4.69) is 20.8 Å². The standard InChI is InChI=1S/C13H15N3O/c1-2-5-17-13-7-14-6-12(15-13)11-9-16-4-3-10(11)8-16/h1,6-7,10-11H,3-5,8-9H2/t10-,11+/m1/s1. The van der Waals surface area contributed by atoms with Crippen LogP contribution < -0.4 is 4.74 Å². The lowest BCUT2D eigenvalue weighted by Gasteiger charge is -2.21. The normalized spacial score (nSPS) is 30.2. The van der Waals surface area contributed by atoms with Gasteiger partial charge in [-0.05, 0) is 18.9 Å². The van der Waals surface area contributed by atoms with Gasteiger partial charge in [-0.25, -0.2) is 4.98 Å². The van der Waals surface area contributed by atoms with E-state index in [0.29, 0.717) is 11.8 Å². The third-order valence-corrected chi connectivity index (χ3v) is 3.65. The Morgan fingerprint density at radius 1 is 1.47 bits per heavy atom. The Labute approximate surface area is 101 Å². The van der Waals surface area contributed by atoms with Gasteiger partial charge in [-0.2, -0.15) is 0 Å². The Morgan fingerprint density at radius 2 is 2.41 bits per heavy atom. The molecule has 2 fully saturated rings. The van der Waals surface area contributed by atoms with Crippen LogP contribution in [0.1, 0.15) is 18.0 Å². The Hall–Kier alpha value is -1.60. The number of terminal acetylenes is 1. The van der Waals surface area contributed by atoms with Crippen molar-refractivity contribution in [1.82, 2.24) is 14.9 Å². The highest BCUT2D eigenvalue weighted by Crippen LogP contribution is 2.38. The molecule has 4 nitrogen and oxygen atoms in total. The lowest BCUT2D eigenvalue weighted by Crippen LogP contribution is -2.22. The van der Waals surface area contributed by atoms with E-state index in [1.165, 1.54) is 19.5 Å². The summed E-state index contributed by atoms with van der Waals surface area (Å²) < 4.78 is 5.31. The van der Waals surface area contributed by atoms with Crippen molar-refractivity contribution in [1.29, 1.82) is 0 Å². The van der Waals surface area contributed by atoms with Crippen molar-refractivity contribution in [2.45, 2.75) is 12.3 Å². The zero-order valence-electron chi connectivity index (χ0n) is 9.67. The number of aromatic nitrogens is 2. The molecule has 2 bridgehead atoms. The minimum absolute atomic E-state index is 0.248. The van der Waals surface area contributed by atoms with Crippen LogP contribution in [0.15, 0.2) is 12.4 Å². The molecule has 1 aromatic rings. The van der Waals surface area contributed by atoms with Crippen molar-refractivity contribution in [3.8, 4) is 18.2 Å². The fourth-order valence-electron chi connectivity index (χ4n) is 2.85.